The molecule has 2 aliphatic rings. The number of rotatable bonds is 3. The van der Waals surface area contributed by atoms with Gasteiger partial charge in [0.15, 0.2) is 0 Å². The molecule has 2 aliphatic heterocycles. The van der Waals surface area contributed by atoms with E-state index in [4.69, 9.17) is 0 Å². The third kappa shape index (κ3) is 2.85. The maximum Gasteiger partial charge on any atom is 0.251 e. The standard InChI is InChI=1S/C17H23N3O2/c1-11(2)17(22)20-14-3-4-15(20)10-13(9-14)19-16(21)12-5-7-18-8-6-12/h5-8,11,13-15H,3-4,9-10H2,1-2H3,(H,19,21)/t13?,14-,15+. The molecule has 22 heavy (non-hydrogen) atoms. The number of nitrogens with zero attached hydrogens (tertiary/aromatic N) is 2. The van der Waals surface area contributed by atoms with Gasteiger partial charge in [0.25, 0.3) is 5.91 Å². The van der Waals surface area contributed by atoms with Crippen molar-refractivity contribution in [3.8, 4) is 0 Å². The predicted octanol–water partition coefficient (Wildman–Crippen LogP) is 1.99. The van der Waals surface area contributed by atoms with Crippen LogP contribution in [0.1, 0.15) is 49.9 Å². The highest BCUT2D eigenvalue weighted by atomic mass is 16.2. The van der Waals surface area contributed by atoms with Gasteiger partial charge in [-0.15, -0.1) is 0 Å². The molecule has 1 N–H and O–H groups in total. The molecule has 3 atom stereocenters. The Kier molecular flexibility index (Phi) is 4.14. The molecule has 1 unspecified atom stereocenters. The van der Waals surface area contributed by atoms with Crippen molar-refractivity contribution in [2.45, 2.75) is 57.7 Å². The Bertz CT molecular complexity index is 544. The fourth-order valence-electron chi connectivity index (χ4n) is 3.72. The van der Waals surface area contributed by atoms with E-state index in [-0.39, 0.29) is 35.9 Å². The molecular formula is C17H23N3O2. The van der Waals surface area contributed by atoms with Crippen LogP contribution in [0.4, 0.5) is 0 Å². The number of nitrogens with one attached hydrogen (secondary N) is 1. The zero-order chi connectivity index (χ0) is 15.7. The lowest BCUT2D eigenvalue weighted by Gasteiger charge is -2.40. The van der Waals surface area contributed by atoms with Gasteiger partial charge in [0, 0.05) is 42.0 Å². The lowest BCUT2D eigenvalue weighted by Crippen LogP contribution is -2.53. The molecular weight excluding hydrogens is 278 g/mol. The minimum absolute atomic E-state index is 0.0459. The lowest BCUT2D eigenvalue weighted by molar-refractivity contribution is -0.139. The zero-order valence-corrected chi connectivity index (χ0v) is 13.2. The van der Waals surface area contributed by atoms with Crippen molar-refractivity contribution in [3.63, 3.8) is 0 Å². The number of carbonyl (C=O) groups is 2. The van der Waals surface area contributed by atoms with Crippen LogP contribution < -0.4 is 5.32 Å². The molecule has 2 amide bonds. The van der Waals surface area contributed by atoms with Gasteiger partial charge in [-0.25, -0.2) is 0 Å². The molecule has 5 heteroatoms. The van der Waals surface area contributed by atoms with Crippen molar-refractivity contribution in [2.75, 3.05) is 0 Å². The Morgan fingerprint density at radius 2 is 1.77 bits per heavy atom. The van der Waals surface area contributed by atoms with E-state index < -0.39 is 0 Å². The topological polar surface area (TPSA) is 62.3 Å². The van der Waals surface area contributed by atoms with Crippen LogP contribution in [-0.2, 0) is 4.79 Å². The van der Waals surface area contributed by atoms with Gasteiger partial charge in [-0.05, 0) is 37.8 Å². The summed E-state index contributed by atoms with van der Waals surface area (Å²) in [4.78, 5) is 30.6. The summed E-state index contributed by atoms with van der Waals surface area (Å²) in [5.74, 6) is 0.257. The van der Waals surface area contributed by atoms with Gasteiger partial charge in [-0.3, -0.25) is 14.6 Å². The summed E-state index contributed by atoms with van der Waals surface area (Å²) in [6.07, 6.45) is 7.11. The van der Waals surface area contributed by atoms with E-state index in [1.807, 2.05) is 13.8 Å². The first-order valence-electron chi connectivity index (χ1n) is 8.09. The normalized spacial score (nSPS) is 27.0. The summed E-state index contributed by atoms with van der Waals surface area (Å²) in [5.41, 5.74) is 0.642. The Hall–Kier alpha value is -1.91. The fraction of sp³-hybridized carbons (Fsp3) is 0.588. The van der Waals surface area contributed by atoms with Crippen LogP contribution in [0.3, 0.4) is 0 Å². The third-order valence-corrected chi connectivity index (χ3v) is 4.76. The minimum Gasteiger partial charge on any atom is -0.349 e. The van der Waals surface area contributed by atoms with Gasteiger partial charge in [0.2, 0.25) is 5.91 Å². The van der Waals surface area contributed by atoms with Gasteiger partial charge < -0.3 is 10.2 Å². The van der Waals surface area contributed by atoms with Crippen molar-refractivity contribution in [1.29, 1.82) is 0 Å². The van der Waals surface area contributed by atoms with Crippen molar-refractivity contribution < 1.29 is 9.59 Å². The van der Waals surface area contributed by atoms with Crippen molar-refractivity contribution in [2.24, 2.45) is 5.92 Å². The summed E-state index contributed by atoms with van der Waals surface area (Å²) in [6.45, 7) is 3.91. The molecule has 0 aromatic carbocycles. The molecule has 0 spiro atoms. The SMILES string of the molecule is CC(C)C(=O)N1[C@@H]2CC[C@H]1CC(NC(=O)c1ccncc1)C2. The zero-order valence-electron chi connectivity index (χ0n) is 13.2. The molecule has 1 aromatic rings. The second-order valence-electron chi connectivity index (χ2n) is 6.66. The van der Waals surface area contributed by atoms with Crippen LogP contribution in [-0.4, -0.2) is 39.8 Å². The summed E-state index contributed by atoms with van der Waals surface area (Å²) in [5, 5.41) is 3.12. The minimum atomic E-state index is -0.0459. The number of piperidine rings is 1. The Labute approximate surface area is 131 Å². The van der Waals surface area contributed by atoms with Gasteiger partial charge >= 0.3 is 0 Å². The summed E-state index contributed by atoms with van der Waals surface area (Å²) in [6, 6.07) is 4.19. The Morgan fingerprint density at radius 1 is 1.18 bits per heavy atom. The number of pyridine rings is 1. The highest BCUT2D eigenvalue weighted by Gasteiger charge is 2.43. The van der Waals surface area contributed by atoms with E-state index in [1.165, 1.54) is 0 Å². The number of carbonyl (C=O) groups excluding carboxylic acids is 2. The highest BCUT2D eigenvalue weighted by Crippen LogP contribution is 2.36. The molecule has 118 valence electrons. The van der Waals surface area contributed by atoms with Crippen LogP contribution in [0, 0.1) is 5.92 Å². The molecule has 3 rings (SSSR count). The Morgan fingerprint density at radius 3 is 2.32 bits per heavy atom. The van der Waals surface area contributed by atoms with Crippen LogP contribution in [0.25, 0.3) is 0 Å². The van der Waals surface area contributed by atoms with E-state index in [0.29, 0.717) is 5.56 Å². The molecule has 2 fully saturated rings. The molecule has 5 nitrogen and oxygen atoms in total. The number of hydrogen-bond acceptors (Lipinski definition) is 3. The van der Waals surface area contributed by atoms with Crippen LogP contribution in [0.15, 0.2) is 24.5 Å². The Balaban J connectivity index is 1.64. The first-order valence-corrected chi connectivity index (χ1v) is 8.09. The number of amides is 2. The van der Waals surface area contributed by atoms with E-state index in [0.717, 1.165) is 25.7 Å². The van der Waals surface area contributed by atoms with E-state index >= 15 is 0 Å². The van der Waals surface area contributed by atoms with Crippen molar-refractivity contribution in [1.82, 2.24) is 15.2 Å². The first kappa shape index (κ1) is 15.0. The van der Waals surface area contributed by atoms with Crippen molar-refractivity contribution in [3.05, 3.63) is 30.1 Å². The molecule has 2 bridgehead atoms. The number of fused-ring (bicyclic) bond motifs is 2. The predicted molar refractivity (Wildman–Crippen MR) is 83.2 cm³/mol. The van der Waals surface area contributed by atoms with Gasteiger partial charge in [0.1, 0.15) is 0 Å². The van der Waals surface area contributed by atoms with Crippen LogP contribution in [0.2, 0.25) is 0 Å². The maximum absolute atomic E-state index is 12.3. The second kappa shape index (κ2) is 6.07. The van der Waals surface area contributed by atoms with Gasteiger partial charge in [-0.2, -0.15) is 0 Å². The molecule has 3 heterocycles. The van der Waals surface area contributed by atoms with Crippen LogP contribution in [0.5, 0.6) is 0 Å². The molecule has 0 radical (unpaired) electrons. The van der Waals surface area contributed by atoms with E-state index in [9.17, 15) is 9.59 Å². The molecule has 0 saturated carbocycles. The highest BCUT2D eigenvalue weighted by molar-refractivity contribution is 5.94. The largest absolute Gasteiger partial charge is 0.349 e. The quantitative estimate of drug-likeness (QED) is 0.928. The lowest BCUT2D eigenvalue weighted by atomic mass is 9.95. The number of hydrogen-bond donors (Lipinski definition) is 1. The smallest absolute Gasteiger partial charge is 0.251 e. The van der Waals surface area contributed by atoms with Crippen LogP contribution >= 0.6 is 0 Å². The van der Waals surface area contributed by atoms with Gasteiger partial charge in [0.05, 0.1) is 0 Å². The van der Waals surface area contributed by atoms with Gasteiger partial charge in [-0.1, -0.05) is 13.8 Å². The third-order valence-electron chi connectivity index (χ3n) is 4.76. The van der Waals surface area contributed by atoms with E-state index in [2.05, 4.69) is 15.2 Å². The average molecular weight is 301 g/mol. The summed E-state index contributed by atoms with van der Waals surface area (Å²) < 4.78 is 0. The monoisotopic (exact) mass is 301 g/mol. The van der Waals surface area contributed by atoms with Crippen molar-refractivity contribution >= 4 is 11.8 Å². The summed E-state index contributed by atoms with van der Waals surface area (Å²) in [7, 11) is 0. The maximum atomic E-state index is 12.3. The molecule has 2 saturated heterocycles. The number of aromatic nitrogens is 1. The fourth-order valence-corrected chi connectivity index (χ4v) is 3.72. The average Bonchev–Trinajstić information content (AvgIpc) is 2.78. The summed E-state index contributed by atoms with van der Waals surface area (Å²) >= 11 is 0. The molecule has 1 aromatic heterocycles. The molecule has 0 aliphatic carbocycles. The second-order valence-corrected chi connectivity index (χ2v) is 6.66. The van der Waals surface area contributed by atoms with E-state index in [1.54, 1.807) is 24.5 Å². The first-order chi connectivity index (χ1) is 10.6.